The van der Waals surface area contributed by atoms with Gasteiger partial charge in [-0.05, 0) is 41.5 Å². The Bertz CT molecular complexity index is 657. The molecule has 1 fully saturated rings. The van der Waals surface area contributed by atoms with Gasteiger partial charge in [0, 0.05) is 18.8 Å². The molecule has 0 aromatic heterocycles. The van der Waals surface area contributed by atoms with Crippen molar-refractivity contribution in [3.8, 4) is 0 Å². The summed E-state index contributed by atoms with van der Waals surface area (Å²) in [4.78, 5) is 14.6. The fraction of sp³-hybridized carbons (Fsp3) is 0.350. The first-order valence-corrected chi connectivity index (χ1v) is 8.30. The first-order valence-electron chi connectivity index (χ1n) is 8.30. The van der Waals surface area contributed by atoms with Crippen LogP contribution in [0.15, 0.2) is 54.6 Å². The maximum absolute atomic E-state index is 12.5. The van der Waals surface area contributed by atoms with Crippen LogP contribution in [0.2, 0.25) is 0 Å². The number of carbonyl (C=O) groups excluding carboxylic acids is 1. The third-order valence-electron chi connectivity index (χ3n) is 4.82. The second kappa shape index (κ2) is 8.20. The van der Waals surface area contributed by atoms with Gasteiger partial charge in [0.2, 0.25) is 5.91 Å². The molecule has 1 aliphatic rings. The summed E-state index contributed by atoms with van der Waals surface area (Å²) in [6.45, 7) is 3.94. The van der Waals surface area contributed by atoms with Crippen LogP contribution >= 0.6 is 12.4 Å². The van der Waals surface area contributed by atoms with Crippen LogP contribution in [0.5, 0.6) is 0 Å². The van der Waals surface area contributed by atoms with Crippen LogP contribution < -0.4 is 5.73 Å². The average Bonchev–Trinajstić information content (AvgIpc) is 2.57. The molecular weight excluding hydrogens is 320 g/mol. The molecule has 0 radical (unpaired) electrons. The number of hydrogen-bond donors (Lipinski definition) is 1. The number of rotatable bonds is 3. The summed E-state index contributed by atoms with van der Waals surface area (Å²) in [7, 11) is 0. The highest BCUT2D eigenvalue weighted by Crippen LogP contribution is 2.32. The number of anilines is 1. The zero-order chi connectivity index (χ0) is 16.2. The van der Waals surface area contributed by atoms with Crippen molar-refractivity contribution >= 4 is 24.0 Å². The van der Waals surface area contributed by atoms with E-state index in [-0.39, 0.29) is 18.3 Å². The van der Waals surface area contributed by atoms with Crippen molar-refractivity contribution in [2.75, 3.05) is 18.8 Å². The van der Waals surface area contributed by atoms with Crippen LogP contribution in [0.3, 0.4) is 0 Å². The minimum Gasteiger partial charge on any atom is -0.399 e. The largest absolute Gasteiger partial charge is 0.399 e. The van der Waals surface area contributed by atoms with E-state index in [0.29, 0.717) is 18.3 Å². The van der Waals surface area contributed by atoms with Crippen molar-refractivity contribution in [3.63, 3.8) is 0 Å². The molecule has 0 spiro atoms. The van der Waals surface area contributed by atoms with E-state index in [0.717, 1.165) is 30.8 Å². The fourth-order valence-corrected chi connectivity index (χ4v) is 3.49. The third kappa shape index (κ3) is 4.30. The molecule has 0 saturated carbocycles. The summed E-state index contributed by atoms with van der Waals surface area (Å²) in [6.07, 6.45) is 1.50. The zero-order valence-corrected chi connectivity index (χ0v) is 14.8. The molecule has 2 atom stereocenters. The van der Waals surface area contributed by atoms with Crippen LogP contribution in [-0.2, 0) is 11.2 Å². The number of amides is 1. The topological polar surface area (TPSA) is 46.3 Å². The number of benzene rings is 2. The van der Waals surface area contributed by atoms with E-state index in [4.69, 9.17) is 5.73 Å². The Kier molecular flexibility index (Phi) is 6.27. The van der Waals surface area contributed by atoms with Crippen molar-refractivity contribution in [3.05, 3.63) is 65.7 Å². The van der Waals surface area contributed by atoms with Gasteiger partial charge in [0.1, 0.15) is 0 Å². The summed E-state index contributed by atoms with van der Waals surface area (Å²) in [6, 6.07) is 18.2. The summed E-state index contributed by atoms with van der Waals surface area (Å²) in [5.74, 6) is 1.26. The molecule has 1 aliphatic heterocycles. The second-order valence-electron chi connectivity index (χ2n) is 6.54. The quantitative estimate of drug-likeness (QED) is 0.859. The van der Waals surface area contributed by atoms with E-state index in [9.17, 15) is 4.79 Å². The molecule has 1 saturated heterocycles. The molecule has 2 N–H and O–H groups in total. The van der Waals surface area contributed by atoms with E-state index in [1.165, 1.54) is 5.56 Å². The Morgan fingerprint density at radius 3 is 2.42 bits per heavy atom. The molecule has 128 valence electrons. The highest BCUT2D eigenvalue weighted by Gasteiger charge is 2.29. The van der Waals surface area contributed by atoms with Gasteiger partial charge in [0.05, 0.1) is 6.42 Å². The third-order valence-corrected chi connectivity index (χ3v) is 4.82. The van der Waals surface area contributed by atoms with Gasteiger partial charge in [-0.2, -0.15) is 0 Å². The van der Waals surface area contributed by atoms with Crippen LogP contribution in [0.4, 0.5) is 5.69 Å². The van der Waals surface area contributed by atoms with Gasteiger partial charge in [-0.1, -0.05) is 49.4 Å². The summed E-state index contributed by atoms with van der Waals surface area (Å²) < 4.78 is 0. The standard InChI is InChI=1S/C20H24N2O.ClH/c1-15-14-22(12-11-19(15)17-5-3-2-4-6-17)20(23)13-16-7-9-18(21)10-8-16;/h2-10,15,19H,11-14,21H2,1H3;1H. The maximum Gasteiger partial charge on any atom is 0.226 e. The van der Waals surface area contributed by atoms with E-state index in [2.05, 4.69) is 37.3 Å². The molecule has 3 rings (SSSR count). The first-order chi connectivity index (χ1) is 11.1. The minimum atomic E-state index is 0. The van der Waals surface area contributed by atoms with Crippen LogP contribution in [0, 0.1) is 5.92 Å². The Morgan fingerprint density at radius 1 is 1.12 bits per heavy atom. The number of nitrogen functional groups attached to an aromatic ring is 1. The normalized spacial score (nSPS) is 20.3. The Labute approximate surface area is 150 Å². The Balaban J connectivity index is 0.00000208. The molecule has 1 heterocycles. The number of piperidine rings is 1. The molecule has 1 amide bonds. The van der Waals surface area contributed by atoms with Gasteiger partial charge in [-0.25, -0.2) is 0 Å². The molecule has 0 bridgehead atoms. The van der Waals surface area contributed by atoms with Crippen molar-refractivity contribution in [1.82, 2.24) is 4.90 Å². The number of likely N-dealkylation sites (tertiary alicyclic amines) is 1. The van der Waals surface area contributed by atoms with Crippen molar-refractivity contribution in [2.45, 2.75) is 25.7 Å². The van der Waals surface area contributed by atoms with Gasteiger partial charge in [-0.3, -0.25) is 4.79 Å². The van der Waals surface area contributed by atoms with E-state index in [1.807, 2.05) is 29.2 Å². The molecule has 2 unspecified atom stereocenters. The van der Waals surface area contributed by atoms with Gasteiger partial charge in [0.15, 0.2) is 0 Å². The average molecular weight is 345 g/mol. The molecule has 2 aromatic carbocycles. The second-order valence-corrected chi connectivity index (χ2v) is 6.54. The number of nitrogens with zero attached hydrogens (tertiary/aromatic N) is 1. The zero-order valence-electron chi connectivity index (χ0n) is 14.0. The number of halogens is 1. The maximum atomic E-state index is 12.5. The molecule has 24 heavy (non-hydrogen) atoms. The van der Waals surface area contributed by atoms with Crippen molar-refractivity contribution in [2.24, 2.45) is 5.92 Å². The molecule has 0 aliphatic carbocycles. The summed E-state index contributed by atoms with van der Waals surface area (Å²) in [5, 5.41) is 0. The van der Waals surface area contributed by atoms with Crippen LogP contribution in [-0.4, -0.2) is 23.9 Å². The number of nitrogens with two attached hydrogens (primary N) is 1. The number of carbonyl (C=O) groups is 1. The van der Waals surface area contributed by atoms with E-state index < -0.39 is 0 Å². The van der Waals surface area contributed by atoms with E-state index >= 15 is 0 Å². The van der Waals surface area contributed by atoms with Gasteiger partial charge in [0.25, 0.3) is 0 Å². The lowest BCUT2D eigenvalue weighted by atomic mass is 9.81. The number of hydrogen-bond acceptors (Lipinski definition) is 2. The lowest BCUT2D eigenvalue weighted by Gasteiger charge is -2.37. The Hall–Kier alpha value is -2.00. The van der Waals surface area contributed by atoms with Gasteiger partial charge < -0.3 is 10.6 Å². The predicted molar refractivity (Wildman–Crippen MR) is 101 cm³/mol. The predicted octanol–water partition coefficient (Wildman–Crippen LogP) is 3.89. The highest BCUT2D eigenvalue weighted by atomic mass is 35.5. The minimum absolute atomic E-state index is 0. The smallest absolute Gasteiger partial charge is 0.226 e. The SMILES string of the molecule is CC1CN(C(=O)Cc2ccc(N)cc2)CCC1c1ccccc1.Cl. The molecular formula is C20H25ClN2O. The van der Waals surface area contributed by atoms with Crippen LogP contribution in [0.25, 0.3) is 0 Å². The summed E-state index contributed by atoms with van der Waals surface area (Å²) >= 11 is 0. The van der Waals surface area contributed by atoms with Crippen molar-refractivity contribution in [1.29, 1.82) is 0 Å². The molecule has 2 aromatic rings. The lowest BCUT2D eigenvalue weighted by molar-refractivity contribution is -0.132. The van der Waals surface area contributed by atoms with Crippen LogP contribution in [0.1, 0.15) is 30.4 Å². The fourth-order valence-electron chi connectivity index (χ4n) is 3.49. The lowest BCUT2D eigenvalue weighted by Crippen LogP contribution is -2.42. The van der Waals surface area contributed by atoms with Gasteiger partial charge in [-0.15, -0.1) is 12.4 Å². The van der Waals surface area contributed by atoms with E-state index in [1.54, 1.807) is 0 Å². The first kappa shape index (κ1) is 18.3. The van der Waals surface area contributed by atoms with Gasteiger partial charge >= 0.3 is 0 Å². The van der Waals surface area contributed by atoms with Crippen molar-refractivity contribution < 1.29 is 4.79 Å². The highest BCUT2D eigenvalue weighted by molar-refractivity contribution is 5.85. The molecule has 3 nitrogen and oxygen atoms in total. The Morgan fingerprint density at radius 2 is 1.79 bits per heavy atom. The molecule has 4 heteroatoms. The monoisotopic (exact) mass is 344 g/mol. The summed E-state index contributed by atoms with van der Waals surface area (Å²) in [5.41, 5.74) is 8.85.